The molecule has 0 aliphatic carbocycles. The summed E-state index contributed by atoms with van der Waals surface area (Å²) < 4.78 is 4.83. The number of nitrogen functional groups attached to an aromatic ring is 1. The zero-order chi connectivity index (χ0) is 12.0. The van der Waals surface area contributed by atoms with Crippen LogP contribution in [0.2, 0.25) is 0 Å². The smallest absolute Gasteiger partial charge is 0.358 e. The maximum Gasteiger partial charge on any atom is 0.358 e. The van der Waals surface area contributed by atoms with E-state index >= 15 is 0 Å². The van der Waals surface area contributed by atoms with Crippen molar-refractivity contribution >= 4 is 34.8 Å². The van der Waals surface area contributed by atoms with Gasteiger partial charge >= 0.3 is 5.97 Å². The Morgan fingerprint density at radius 3 is 3.00 bits per heavy atom. The van der Waals surface area contributed by atoms with Gasteiger partial charge in [0.1, 0.15) is 6.29 Å². The zero-order valence-electron chi connectivity index (χ0n) is 8.80. The summed E-state index contributed by atoms with van der Waals surface area (Å²) >= 11 is 1.18. The Bertz CT molecular complexity index is 412. The third kappa shape index (κ3) is 3.16. The summed E-state index contributed by atoms with van der Waals surface area (Å²) in [6.45, 7) is 2.00. The molecule has 0 saturated carbocycles. The molecule has 0 radical (unpaired) electrons. The average molecular weight is 240 g/mol. The molecule has 0 fully saturated rings. The van der Waals surface area contributed by atoms with Crippen LogP contribution in [0.25, 0.3) is 6.08 Å². The van der Waals surface area contributed by atoms with E-state index in [-0.39, 0.29) is 12.3 Å². The number of anilines is 1. The highest BCUT2D eigenvalue weighted by Crippen LogP contribution is 2.22. The Balaban J connectivity index is 2.90. The summed E-state index contributed by atoms with van der Waals surface area (Å²) in [5.74, 6) is -0.499. The van der Waals surface area contributed by atoms with E-state index in [1.54, 1.807) is 19.1 Å². The lowest BCUT2D eigenvalue weighted by Gasteiger charge is -1.98. The number of hydrogen-bond donors (Lipinski definition) is 1. The van der Waals surface area contributed by atoms with E-state index in [4.69, 9.17) is 10.5 Å². The van der Waals surface area contributed by atoms with Gasteiger partial charge < -0.3 is 15.3 Å². The maximum atomic E-state index is 11.5. The molecular weight excluding hydrogens is 228 g/mol. The summed E-state index contributed by atoms with van der Waals surface area (Å²) in [7, 11) is 0. The third-order valence-corrected chi connectivity index (χ3v) is 2.49. The van der Waals surface area contributed by atoms with Crippen molar-refractivity contribution in [2.45, 2.75) is 13.3 Å². The Morgan fingerprint density at radius 1 is 1.62 bits per heavy atom. The lowest BCUT2D eigenvalue weighted by atomic mass is 10.3. The second-order valence-corrected chi connectivity index (χ2v) is 3.85. The molecule has 1 aromatic rings. The first-order chi connectivity index (χ1) is 7.69. The number of hydrogen-bond acceptors (Lipinski definition) is 6. The Labute approximate surface area is 96.9 Å². The van der Waals surface area contributed by atoms with E-state index in [0.717, 1.165) is 6.29 Å². The molecule has 0 unspecified atom stereocenters. The summed E-state index contributed by atoms with van der Waals surface area (Å²) in [5, 5.41) is 0.300. The number of nitrogens with zero attached hydrogens (tertiary/aromatic N) is 1. The van der Waals surface area contributed by atoms with Crippen molar-refractivity contribution in [3.8, 4) is 0 Å². The van der Waals surface area contributed by atoms with Gasteiger partial charge in [0.05, 0.1) is 11.5 Å². The van der Waals surface area contributed by atoms with Gasteiger partial charge in [-0.2, -0.15) is 0 Å². The van der Waals surface area contributed by atoms with E-state index in [2.05, 4.69) is 4.98 Å². The van der Waals surface area contributed by atoms with Gasteiger partial charge in [-0.3, -0.25) is 0 Å². The number of aldehydes is 1. The fraction of sp³-hybridized carbons (Fsp3) is 0.300. The zero-order valence-corrected chi connectivity index (χ0v) is 9.62. The highest BCUT2D eigenvalue weighted by Gasteiger charge is 2.16. The van der Waals surface area contributed by atoms with Gasteiger partial charge in [0, 0.05) is 6.42 Å². The monoisotopic (exact) mass is 240 g/mol. The Kier molecular flexibility index (Phi) is 4.65. The van der Waals surface area contributed by atoms with E-state index in [9.17, 15) is 9.59 Å². The lowest BCUT2D eigenvalue weighted by Crippen LogP contribution is -2.06. The second kappa shape index (κ2) is 6.02. The van der Waals surface area contributed by atoms with Crippen molar-refractivity contribution in [1.29, 1.82) is 0 Å². The highest BCUT2D eigenvalue weighted by molar-refractivity contribution is 7.16. The minimum Gasteiger partial charge on any atom is -0.461 e. The number of carbonyl (C=O) groups is 2. The van der Waals surface area contributed by atoms with E-state index in [1.807, 2.05) is 0 Å². The molecule has 0 bridgehead atoms. The molecule has 16 heavy (non-hydrogen) atoms. The van der Waals surface area contributed by atoms with Crippen LogP contribution in [0.5, 0.6) is 0 Å². The normalized spacial score (nSPS) is 10.6. The molecule has 0 aliphatic rings. The number of nitrogens with two attached hydrogens (primary N) is 1. The van der Waals surface area contributed by atoms with Crippen molar-refractivity contribution in [1.82, 2.24) is 4.98 Å². The van der Waals surface area contributed by atoms with Gasteiger partial charge in [-0.05, 0) is 13.0 Å². The van der Waals surface area contributed by atoms with E-state index < -0.39 is 5.97 Å². The molecule has 0 aliphatic heterocycles. The number of allylic oxidation sites excluding steroid dienone is 1. The summed E-state index contributed by atoms with van der Waals surface area (Å²) in [5.41, 5.74) is 5.71. The summed E-state index contributed by atoms with van der Waals surface area (Å²) in [6.07, 6.45) is 4.35. The van der Waals surface area contributed by atoms with Crippen LogP contribution in [0.15, 0.2) is 6.08 Å². The van der Waals surface area contributed by atoms with Crippen LogP contribution in [-0.4, -0.2) is 23.8 Å². The van der Waals surface area contributed by atoms with Gasteiger partial charge in [0.15, 0.2) is 10.8 Å². The molecule has 0 atom stereocenters. The molecule has 1 heterocycles. The topological polar surface area (TPSA) is 82.3 Å². The number of ether oxygens (including phenoxy) is 1. The van der Waals surface area contributed by atoms with Crippen molar-refractivity contribution in [3.63, 3.8) is 0 Å². The van der Waals surface area contributed by atoms with Gasteiger partial charge in [0.25, 0.3) is 0 Å². The van der Waals surface area contributed by atoms with Gasteiger partial charge in [-0.25, -0.2) is 9.78 Å². The molecule has 0 saturated heterocycles. The highest BCUT2D eigenvalue weighted by atomic mass is 32.1. The first-order valence-corrected chi connectivity index (χ1v) is 5.54. The number of carbonyl (C=O) groups excluding carboxylic acids is 2. The minimum absolute atomic E-state index is 0.200. The van der Waals surface area contributed by atoms with Crippen LogP contribution in [0.3, 0.4) is 0 Å². The summed E-state index contributed by atoms with van der Waals surface area (Å²) in [6, 6.07) is 0. The molecule has 0 aromatic carbocycles. The minimum atomic E-state index is -0.499. The van der Waals surface area contributed by atoms with Gasteiger partial charge in [-0.15, -0.1) is 0 Å². The first kappa shape index (κ1) is 12.4. The largest absolute Gasteiger partial charge is 0.461 e. The maximum absolute atomic E-state index is 11.5. The number of esters is 1. The standard InChI is InChI=1S/C10H12N2O3S/c1-2-15-9(14)8-7(5-3-4-6-13)16-10(11)12-8/h3,5-6H,2,4H2,1H3,(H2,11,12). The molecule has 6 heteroatoms. The lowest BCUT2D eigenvalue weighted by molar-refractivity contribution is -0.107. The number of rotatable bonds is 5. The predicted molar refractivity (Wildman–Crippen MR) is 62.2 cm³/mol. The van der Waals surface area contributed by atoms with Crippen molar-refractivity contribution in [3.05, 3.63) is 16.6 Å². The molecule has 0 spiro atoms. The SMILES string of the molecule is CCOC(=O)c1nc(N)sc1C=CCC=O. The van der Waals surface area contributed by atoms with E-state index in [1.165, 1.54) is 11.3 Å². The Morgan fingerprint density at radius 2 is 2.38 bits per heavy atom. The van der Waals surface area contributed by atoms with Crippen LogP contribution >= 0.6 is 11.3 Å². The first-order valence-electron chi connectivity index (χ1n) is 4.72. The fourth-order valence-electron chi connectivity index (χ4n) is 1.04. The van der Waals surface area contributed by atoms with Crippen LogP contribution in [0, 0.1) is 0 Å². The van der Waals surface area contributed by atoms with Crippen LogP contribution in [0.4, 0.5) is 5.13 Å². The van der Waals surface area contributed by atoms with E-state index in [0.29, 0.717) is 16.4 Å². The van der Waals surface area contributed by atoms with Crippen molar-refractivity contribution in [2.75, 3.05) is 12.3 Å². The number of thiazole rings is 1. The molecule has 1 aromatic heterocycles. The average Bonchev–Trinajstić information content (AvgIpc) is 2.61. The quantitative estimate of drug-likeness (QED) is 0.623. The van der Waals surface area contributed by atoms with Gasteiger partial charge in [-0.1, -0.05) is 17.4 Å². The second-order valence-electron chi connectivity index (χ2n) is 2.79. The number of aromatic nitrogens is 1. The summed E-state index contributed by atoms with van der Waals surface area (Å²) in [4.78, 5) is 26.1. The Hall–Kier alpha value is -1.69. The predicted octanol–water partition coefficient (Wildman–Crippen LogP) is 1.50. The van der Waals surface area contributed by atoms with Crippen LogP contribution < -0.4 is 5.73 Å². The molecule has 0 amide bonds. The third-order valence-electron chi connectivity index (χ3n) is 1.64. The van der Waals surface area contributed by atoms with Crippen molar-refractivity contribution in [2.24, 2.45) is 0 Å². The fourth-order valence-corrected chi connectivity index (χ4v) is 1.79. The molecule has 1 rings (SSSR count). The molecule has 2 N–H and O–H groups in total. The molecule has 5 nitrogen and oxygen atoms in total. The van der Waals surface area contributed by atoms with Crippen LogP contribution in [-0.2, 0) is 9.53 Å². The van der Waals surface area contributed by atoms with Crippen molar-refractivity contribution < 1.29 is 14.3 Å². The molecule has 86 valence electrons. The van der Waals surface area contributed by atoms with Gasteiger partial charge in [0.2, 0.25) is 0 Å². The molecular formula is C10H12N2O3S. The van der Waals surface area contributed by atoms with Crippen LogP contribution in [0.1, 0.15) is 28.7 Å².